The molecule has 0 aliphatic carbocycles. The molecule has 8 heteroatoms. The van der Waals surface area contributed by atoms with E-state index in [9.17, 15) is 9.90 Å². The lowest BCUT2D eigenvalue weighted by Gasteiger charge is -2.14. The van der Waals surface area contributed by atoms with Crippen LogP contribution in [0.5, 0.6) is 0 Å². The maximum absolute atomic E-state index is 12.4. The number of aliphatic hydroxyl groups excluding tert-OH is 1. The van der Waals surface area contributed by atoms with Crippen LogP contribution in [0.25, 0.3) is 5.69 Å². The van der Waals surface area contributed by atoms with Gasteiger partial charge in [0, 0.05) is 41.8 Å². The third-order valence-corrected chi connectivity index (χ3v) is 5.45. The third kappa shape index (κ3) is 4.82. The topological polar surface area (TPSA) is 79.2 Å². The van der Waals surface area contributed by atoms with Crippen molar-refractivity contribution in [2.24, 2.45) is 5.92 Å². The smallest absolute Gasteiger partial charge is 0.224 e. The minimum Gasteiger partial charge on any atom is -0.391 e. The summed E-state index contributed by atoms with van der Waals surface area (Å²) in [7, 11) is 0. The first-order valence-electron chi connectivity index (χ1n) is 8.84. The van der Waals surface area contributed by atoms with Crippen LogP contribution in [0.1, 0.15) is 22.5 Å². The van der Waals surface area contributed by atoms with Gasteiger partial charge in [-0.3, -0.25) is 4.79 Å². The van der Waals surface area contributed by atoms with Gasteiger partial charge in [-0.25, -0.2) is 4.68 Å². The number of aryl methyl sites for hydroxylation is 2. The molecular formula is C19H26Cl2N4O2. The molecule has 3 rings (SSSR count). The van der Waals surface area contributed by atoms with Gasteiger partial charge in [0.15, 0.2) is 0 Å². The molecule has 1 aliphatic rings. The Labute approximate surface area is 170 Å². The number of nitrogens with one attached hydrogen (secondary N) is 2. The number of hydrogen-bond acceptors (Lipinski definition) is 4. The molecule has 0 radical (unpaired) electrons. The summed E-state index contributed by atoms with van der Waals surface area (Å²) in [4.78, 5) is 12.4. The largest absolute Gasteiger partial charge is 0.391 e. The van der Waals surface area contributed by atoms with E-state index in [2.05, 4.69) is 15.7 Å². The first-order chi connectivity index (χ1) is 12.4. The van der Waals surface area contributed by atoms with Gasteiger partial charge in [-0.05, 0) is 38.5 Å². The fraction of sp³-hybridized carbons (Fsp3) is 0.474. The van der Waals surface area contributed by atoms with Gasteiger partial charge < -0.3 is 15.7 Å². The van der Waals surface area contributed by atoms with Crippen molar-refractivity contribution in [2.45, 2.75) is 33.3 Å². The molecule has 2 heterocycles. The van der Waals surface area contributed by atoms with Crippen LogP contribution in [0.15, 0.2) is 18.2 Å². The fourth-order valence-corrected chi connectivity index (χ4v) is 3.47. The number of amides is 1. The highest BCUT2D eigenvalue weighted by Gasteiger charge is 2.25. The normalized spacial score (nSPS) is 19.0. The number of nitrogens with zero attached hydrogens (tertiary/aromatic N) is 2. The zero-order valence-corrected chi connectivity index (χ0v) is 17.3. The van der Waals surface area contributed by atoms with E-state index >= 15 is 0 Å². The molecule has 1 aromatic heterocycles. The zero-order valence-electron chi connectivity index (χ0n) is 15.8. The number of carbonyl (C=O) groups excluding carboxylic acids is 1. The Kier molecular flexibility index (Phi) is 7.28. The van der Waals surface area contributed by atoms with Crippen LogP contribution in [-0.2, 0) is 11.2 Å². The number of β-amino-alcohol motifs (C(OH)–C–C–N with tert-alkyl or cyclic N) is 1. The number of hydrogen-bond donors (Lipinski definition) is 3. The molecule has 2 unspecified atom stereocenters. The van der Waals surface area contributed by atoms with Crippen LogP contribution < -0.4 is 10.6 Å². The van der Waals surface area contributed by atoms with Gasteiger partial charge in [0.1, 0.15) is 0 Å². The van der Waals surface area contributed by atoms with E-state index in [1.54, 1.807) is 0 Å². The summed E-state index contributed by atoms with van der Waals surface area (Å²) in [5.41, 5.74) is 4.58. The summed E-state index contributed by atoms with van der Waals surface area (Å²) in [6.45, 7) is 7.62. The monoisotopic (exact) mass is 412 g/mol. The molecule has 1 aromatic carbocycles. The summed E-state index contributed by atoms with van der Waals surface area (Å²) in [6, 6.07) is 5.81. The molecule has 1 aliphatic heterocycles. The van der Waals surface area contributed by atoms with Crippen molar-refractivity contribution in [3.63, 3.8) is 0 Å². The van der Waals surface area contributed by atoms with Crippen molar-refractivity contribution in [3.05, 3.63) is 45.7 Å². The molecule has 2 atom stereocenters. The fourth-order valence-electron chi connectivity index (χ4n) is 3.29. The van der Waals surface area contributed by atoms with Crippen LogP contribution in [0, 0.1) is 26.7 Å². The molecule has 1 saturated heterocycles. The van der Waals surface area contributed by atoms with E-state index < -0.39 is 6.10 Å². The summed E-state index contributed by atoms with van der Waals surface area (Å²) in [5.74, 6) is 0.00959. The number of rotatable bonds is 5. The molecule has 0 bridgehead atoms. The molecule has 1 fully saturated rings. The van der Waals surface area contributed by atoms with E-state index in [1.807, 2.05) is 43.7 Å². The lowest BCUT2D eigenvalue weighted by molar-refractivity contribution is -0.120. The average Bonchev–Trinajstić information content (AvgIpc) is 3.13. The SMILES string of the molecule is Cc1ccc(-n2nc(C)c(CC(=O)NCC3CNCC3O)c2C)cc1Cl.Cl. The van der Waals surface area contributed by atoms with E-state index in [-0.39, 0.29) is 30.7 Å². The Morgan fingerprint density at radius 2 is 2.11 bits per heavy atom. The lowest BCUT2D eigenvalue weighted by Crippen LogP contribution is -2.35. The van der Waals surface area contributed by atoms with E-state index in [0.29, 0.717) is 18.1 Å². The second-order valence-corrected chi connectivity index (χ2v) is 7.37. The van der Waals surface area contributed by atoms with Crippen molar-refractivity contribution in [3.8, 4) is 5.69 Å². The second-order valence-electron chi connectivity index (χ2n) is 6.96. The highest BCUT2D eigenvalue weighted by Crippen LogP contribution is 2.23. The van der Waals surface area contributed by atoms with Gasteiger partial charge in [-0.2, -0.15) is 5.10 Å². The van der Waals surface area contributed by atoms with Crippen LogP contribution in [0.3, 0.4) is 0 Å². The predicted molar refractivity (Wildman–Crippen MR) is 109 cm³/mol. The number of aliphatic hydroxyl groups is 1. The Balaban J connectivity index is 0.00000261. The van der Waals surface area contributed by atoms with Gasteiger partial charge >= 0.3 is 0 Å². The average molecular weight is 413 g/mol. The summed E-state index contributed by atoms with van der Waals surface area (Å²) < 4.78 is 1.83. The Hall–Kier alpha value is -1.60. The first-order valence-corrected chi connectivity index (χ1v) is 9.21. The van der Waals surface area contributed by atoms with E-state index in [4.69, 9.17) is 11.6 Å². The number of benzene rings is 1. The molecule has 27 heavy (non-hydrogen) atoms. The molecule has 2 aromatic rings. The molecule has 148 valence electrons. The van der Waals surface area contributed by atoms with Gasteiger partial charge in [-0.1, -0.05) is 17.7 Å². The molecule has 0 spiro atoms. The Morgan fingerprint density at radius 3 is 2.74 bits per heavy atom. The van der Waals surface area contributed by atoms with Gasteiger partial charge in [0.2, 0.25) is 5.91 Å². The quantitative estimate of drug-likeness (QED) is 0.702. The Bertz CT molecular complexity index is 822. The van der Waals surface area contributed by atoms with Crippen LogP contribution in [-0.4, -0.2) is 46.5 Å². The summed E-state index contributed by atoms with van der Waals surface area (Å²) >= 11 is 6.23. The van der Waals surface area contributed by atoms with Gasteiger partial charge in [-0.15, -0.1) is 12.4 Å². The van der Waals surface area contributed by atoms with Crippen molar-refractivity contribution >= 4 is 29.9 Å². The van der Waals surface area contributed by atoms with E-state index in [0.717, 1.165) is 34.7 Å². The molecular weight excluding hydrogens is 387 g/mol. The van der Waals surface area contributed by atoms with Crippen LogP contribution in [0.2, 0.25) is 5.02 Å². The van der Waals surface area contributed by atoms with Crippen LogP contribution >= 0.6 is 24.0 Å². The first kappa shape index (κ1) is 21.7. The van der Waals surface area contributed by atoms with Crippen molar-refractivity contribution in [2.75, 3.05) is 19.6 Å². The van der Waals surface area contributed by atoms with Crippen molar-refractivity contribution in [1.29, 1.82) is 0 Å². The highest BCUT2D eigenvalue weighted by atomic mass is 35.5. The highest BCUT2D eigenvalue weighted by molar-refractivity contribution is 6.31. The second kappa shape index (κ2) is 9.06. The van der Waals surface area contributed by atoms with Crippen molar-refractivity contribution < 1.29 is 9.90 Å². The van der Waals surface area contributed by atoms with Gasteiger partial charge in [0.05, 0.1) is 23.9 Å². The third-order valence-electron chi connectivity index (χ3n) is 5.04. The molecule has 1 amide bonds. The summed E-state index contributed by atoms with van der Waals surface area (Å²) in [6.07, 6.45) is -0.124. The zero-order chi connectivity index (χ0) is 18.8. The number of aromatic nitrogens is 2. The Morgan fingerprint density at radius 1 is 1.37 bits per heavy atom. The van der Waals surface area contributed by atoms with E-state index in [1.165, 1.54) is 0 Å². The minimum atomic E-state index is -0.396. The predicted octanol–water partition coefficient (Wildman–Crippen LogP) is 2.11. The number of halogens is 2. The van der Waals surface area contributed by atoms with Gasteiger partial charge in [0.25, 0.3) is 0 Å². The summed E-state index contributed by atoms with van der Waals surface area (Å²) in [5, 5.41) is 21.1. The maximum Gasteiger partial charge on any atom is 0.224 e. The van der Waals surface area contributed by atoms with Crippen molar-refractivity contribution in [1.82, 2.24) is 20.4 Å². The molecule has 3 N–H and O–H groups in total. The maximum atomic E-state index is 12.4. The lowest BCUT2D eigenvalue weighted by atomic mass is 10.1. The van der Waals surface area contributed by atoms with Crippen LogP contribution in [0.4, 0.5) is 0 Å². The minimum absolute atomic E-state index is 0. The molecule has 6 nitrogen and oxygen atoms in total. The molecule has 0 saturated carbocycles. The standard InChI is InChI=1S/C19H25ClN4O2.ClH/c1-11-4-5-15(6-17(11)20)24-13(3)16(12(2)23-24)7-19(26)22-9-14-8-21-10-18(14)25;/h4-6,14,18,21,25H,7-10H2,1-3H3,(H,22,26);1H. The number of carbonyl (C=O) groups is 1.